The van der Waals surface area contributed by atoms with Gasteiger partial charge in [-0.3, -0.25) is 4.79 Å². The number of hydrogen-bond donors (Lipinski definition) is 1. The number of halogens is 1. The third kappa shape index (κ3) is 3.85. The maximum Gasteiger partial charge on any atom is 0.256 e. The molecule has 0 atom stereocenters. The molecule has 0 fully saturated rings. The minimum atomic E-state index is -0.132. The fourth-order valence-electron chi connectivity index (χ4n) is 3.05. The standard InChI is InChI=1S/C23H17IN2O/c1-15-10-11-21-19(12-15)20(14-22(26-21)16-6-3-2-4-7-16)23(27)25-18-9-5-8-17(24)13-18/h2-14H,1H3,(H,25,27). The Kier molecular flexibility index (Phi) is 4.90. The van der Waals surface area contributed by atoms with Gasteiger partial charge in [-0.1, -0.05) is 48.0 Å². The van der Waals surface area contributed by atoms with Crippen LogP contribution in [0.15, 0.2) is 78.9 Å². The van der Waals surface area contributed by atoms with E-state index < -0.39 is 0 Å². The zero-order valence-corrected chi connectivity index (χ0v) is 16.9. The third-order valence-electron chi connectivity index (χ3n) is 4.36. The van der Waals surface area contributed by atoms with Crippen LogP contribution in [0.4, 0.5) is 5.69 Å². The van der Waals surface area contributed by atoms with Crippen LogP contribution in [0.2, 0.25) is 0 Å². The average Bonchev–Trinajstić information content (AvgIpc) is 2.68. The number of carbonyl (C=O) groups excluding carboxylic acids is 1. The van der Waals surface area contributed by atoms with Crippen molar-refractivity contribution in [3.8, 4) is 11.3 Å². The lowest BCUT2D eigenvalue weighted by atomic mass is 10.0. The highest BCUT2D eigenvalue weighted by Crippen LogP contribution is 2.26. The fraction of sp³-hybridized carbons (Fsp3) is 0.0435. The Hall–Kier alpha value is -2.73. The SMILES string of the molecule is Cc1ccc2nc(-c3ccccc3)cc(C(=O)Nc3cccc(I)c3)c2c1. The van der Waals surface area contributed by atoms with E-state index in [1.807, 2.05) is 85.8 Å². The molecule has 0 radical (unpaired) electrons. The van der Waals surface area contributed by atoms with Gasteiger partial charge in [-0.15, -0.1) is 0 Å². The molecule has 132 valence electrons. The van der Waals surface area contributed by atoms with E-state index in [0.29, 0.717) is 5.56 Å². The summed E-state index contributed by atoms with van der Waals surface area (Å²) in [6.45, 7) is 2.02. The maximum absolute atomic E-state index is 13.1. The molecule has 4 aromatic rings. The van der Waals surface area contributed by atoms with Crippen molar-refractivity contribution < 1.29 is 4.79 Å². The Balaban J connectivity index is 1.84. The van der Waals surface area contributed by atoms with Crippen molar-refractivity contribution in [3.05, 3.63) is 93.6 Å². The molecule has 0 saturated carbocycles. The molecule has 27 heavy (non-hydrogen) atoms. The lowest BCUT2D eigenvalue weighted by molar-refractivity contribution is 0.102. The zero-order chi connectivity index (χ0) is 18.8. The molecule has 3 aromatic carbocycles. The number of nitrogens with zero attached hydrogens (tertiary/aromatic N) is 1. The summed E-state index contributed by atoms with van der Waals surface area (Å²) in [5, 5.41) is 3.88. The maximum atomic E-state index is 13.1. The van der Waals surface area contributed by atoms with Crippen LogP contribution in [0.1, 0.15) is 15.9 Å². The Morgan fingerprint density at radius 2 is 1.74 bits per heavy atom. The number of nitrogens with one attached hydrogen (secondary N) is 1. The van der Waals surface area contributed by atoms with Crippen LogP contribution in [0.5, 0.6) is 0 Å². The molecule has 0 saturated heterocycles. The number of fused-ring (bicyclic) bond motifs is 1. The minimum absolute atomic E-state index is 0.132. The van der Waals surface area contributed by atoms with Crippen LogP contribution in [0.3, 0.4) is 0 Å². The molecule has 0 aliphatic carbocycles. The first kappa shape index (κ1) is 17.7. The lowest BCUT2D eigenvalue weighted by Crippen LogP contribution is -2.13. The van der Waals surface area contributed by atoms with Crippen LogP contribution in [0, 0.1) is 10.5 Å². The Labute approximate surface area is 171 Å². The summed E-state index contributed by atoms with van der Waals surface area (Å²) >= 11 is 2.24. The first-order chi connectivity index (χ1) is 13.1. The summed E-state index contributed by atoms with van der Waals surface area (Å²) in [6.07, 6.45) is 0. The zero-order valence-electron chi connectivity index (χ0n) is 14.7. The van der Waals surface area contributed by atoms with Gasteiger partial charge in [0.1, 0.15) is 0 Å². The van der Waals surface area contributed by atoms with Crippen LogP contribution in [0.25, 0.3) is 22.2 Å². The van der Waals surface area contributed by atoms with Gasteiger partial charge in [0.25, 0.3) is 5.91 Å². The summed E-state index contributed by atoms with van der Waals surface area (Å²) in [4.78, 5) is 17.9. The molecule has 1 amide bonds. The number of aromatic nitrogens is 1. The summed E-state index contributed by atoms with van der Waals surface area (Å²) in [5.74, 6) is -0.132. The number of benzene rings is 3. The molecule has 4 heteroatoms. The minimum Gasteiger partial charge on any atom is -0.322 e. The van der Waals surface area contributed by atoms with Crippen molar-refractivity contribution in [2.75, 3.05) is 5.32 Å². The van der Waals surface area contributed by atoms with E-state index in [9.17, 15) is 4.79 Å². The first-order valence-corrected chi connectivity index (χ1v) is 9.72. The van der Waals surface area contributed by atoms with Crippen LogP contribution in [-0.4, -0.2) is 10.9 Å². The molecule has 4 rings (SSSR count). The quantitative estimate of drug-likeness (QED) is 0.374. The van der Waals surface area contributed by atoms with Crippen molar-refractivity contribution in [3.63, 3.8) is 0 Å². The number of hydrogen-bond acceptors (Lipinski definition) is 2. The molecule has 1 heterocycles. The second-order valence-electron chi connectivity index (χ2n) is 6.41. The predicted molar refractivity (Wildman–Crippen MR) is 119 cm³/mol. The highest BCUT2D eigenvalue weighted by atomic mass is 127. The first-order valence-electron chi connectivity index (χ1n) is 8.64. The van der Waals surface area contributed by atoms with Crippen molar-refractivity contribution in [1.82, 2.24) is 4.98 Å². The van der Waals surface area contributed by atoms with E-state index in [0.717, 1.165) is 37.0 Å². The third-order valence-corrected chi connectivity index (χ3v) is 5.03. The molecule has 0 bridgehead atoms. The normalized spacial score (nSPS) is 10.7. The smallest absolute Gasteiger partial charge is 0.256 e. The van der Waals surface area contributed by atoms with Crippen LogP contribution in [-0.2, 0) is 0 Å². The van der Waals surface area contributed by atoms with E-state index in [-0.39, 0.29) is 5.91 Å². The summed E-state index contributed by atoms with van der Waals surface area (Å²) in [7, 11) is 0. The van der Waals surface area contributed by atoms with Gasteiger partial charge in [0, 0.05) is 20.2 Å². The molecular weight excluding hydrogens is 447 g/mol. The molecular formula is C23H17IN2O. The number of aryl methyl sites for hydroxylation is 1. The monoisotopic (exact) mass is 464 g/mol. The summed E-state index contributed by atoms with van der Waals surface area (Å²) in [6, 6.07) is 25.6. The topological polar surface area (TPSA) is 42.0 Å². The fourth-order valence-corrected chi connectivity index (χ4v) is 3.59. The highest BCUT2D eigenvalue weighted by molar-refractivity contribution is 14.1. The van der Waals surface area contributed by atoms with Crippen molar-refractivity contribution in [2.24, 2.45) is 0 Å². The number of rotatable bonds is 3. The predicted octanol–water partition coefficient (Wildman–Crippen LogP) is 6.07. The summed E-state index contributed by atoms with van der Waals surface area (Å²) in [5.41, 5.74) is 5.10. The van der Waals surface area contributed by atoms with Crippen molar-refractivity contribution in [1.29, 1.82) is 0 Å². The van der Waals surface area contributed by atoms with Gasteiger partial charge in [0.15, 0.2) is 0 Å². The van der Waals surface area contributed by atoms with Gasteiger partial charge in [0.2, 0.25) is 0 Å². The van der Waals surface area contributed by atoms with E-state index >= 15 is 0 Å². The second kappa shape index (κ2) is 7.48. The van der Waals surface area contributed by atoms with Gasteiger partial charge in [-0.2, -0.15) is 0 Å². The summed E-state index contributed by atoms with van der Waals surface area (Å²) < 4.78 is 1.07. The van der Waals surface area contributed by atoms with Crippen LogP contribution < -0.4 is 5.32 Å². The van der Waals surface area contributed by atoms with E-state index in [4.69, 9.17) is 4.98 Å². The number of anilines is 1. The highest BCUT2D eigenvalue weighted by Gasteiger charge is 2.14. The molecule has 1 N–H and O–H groups in total. The van der Waals surface area contributed by atoms with Gasteiger partial charge in [-0.05, 0) is 65.9 Å². The average molecular weight is 464 g/mol. The van der Waals surface area contributed by atoms with E-state index in [1.54, 1.807) is 0 Å². The van der Waals surface area contributed by atoms with Gasteiger partial charge >= 0.3 is 0 Å². The second-order valence-corrected chi connectivity index (χ2v) is 7.65. The molecule has 0 aliphatic heterocycles. The van der Waals surface area contributed by atoms with Crippen LogP contribution >= 0.6 is 22.6 Å². The van der Waals surface area contributed by atoms with E-state index in [2.05, 4.69) is 27.9 Å². The molecule has 0 unspecified atom stereocenters. The van der Waals surface area contributed by atoms with Gasteiger partial charge in [-0.25, -0.2) is 4.98 Å². The van der Waals surface area contributed by atoms with Gasteiger partial charge in [0.05, 0.1) is 16.8 Å². The number of carbonyl (C=O) groups is 1. The Bertz CT molecular complexity index is 1140. The Morgan fingerprint density at radius 1 is 0.926 bits per heavy atom. The lowest BCUT2D eigenvalue weighted by Gasteiger charge is -2.11. The number of pyridine rings is 1. The largest absolute Gasteiger partial charge is 0.322 e. The molecule has 3 nitrogen and oxygen atoms in total. The van der Waals surface area contributed by atoms with E-state index in [1.165, 1.54) is 0 Å². The van der Waals surface area contributed by atoms with Gasteiger partial charge < -0.3 is 5.32 Å². The molecule has 1 aromatic heterocycles. The van der Waals surface area contributed by atoms with Crippen molar-refractivity contribution in [2.45, 2.75) is 6.92 Å². The van der Waals surface area contributed by atoms with Crippen molar-refractivity contribution >= 4 is 45.1 Å². The Morgan fingerprint density at radius 3 is 2.52 bits per heavy atom. The number of amides is 1. The molecule has 0 aliphatic rings. The molecule has 0 spiro atoms.